The fraction of sp³-hybridized carbons (Fsp3) is 0.484. The van der Waals surface area contributed by atoms with Gasteiger partial charge in [0.2, 0.25) is 16.0 Å². The van der Waals surface area contributed by atoms with Crippen molar-refractivity contribution in [2.45, 2.75) is 25.3 Å². The predicted molar refractivity (Wildman–Crippen MR) is 182 cm³/mol. The number of anilines is 6. The van der Waals surface area contributed by atoms with E-state index in [-0.39, 0.29) is 11.8 Å². The van der Waals surface area contributed by atoms with Crippen molar-refractivity contribution in [3.8, 4) is 11.5 Å². The van der Waals surface area contributed by atoms with Gasteiger partial charge in [-0.1, -0.05) is 0 Å². The molecule has 3 aliphatic rings. The van der Waals surface area contributed by atoms with Gasteiger partial charge in [-0.15, -0.1) is 0 Å². The smallest absolute Gasteiger partial charge is 0.232 e. The van der Waals surface area contributed by atoms with Crippen LogP contribution >= 0.6 is 15.9 Å². The third-order valence-electron chi connectivity index (χ3n) is 9.02. The lowest BCUT2D eigenvalue weighted by molar-refractivity contribution is 0.0981. The number of sulfonamides is 1. The van der Waals surface area contributed by atoms with Crippen molar-refractivity contribution in [2.24, 2.45) is 0 Å². The van der Waals surface area contributed by atoms with E-state index in [2.05, 4.69) is 58.3 Å². The highest BCUT2D eigenvalue weighted by Gasteiger charge is 2.29. The zero-order chi connectivity index (χ0) is 32.6. The first-order valence-corrected chi connectivity index (χ1v) is 18.0. The minimum absolute atomic E-state index is 0.194. The summed E-state index contributed by atoms with van der Waals surface area (Å²) in [5.41, 5.74) is 2.77. The summed E-state index contributed by atoms with van der Waals surface area (Å²) in [6.07, 6.45) is 5.39. The van der Waals surface area contributed by atoms with Gasteiger partial charge in [0, 0.05) is 83.2 Å². The lowest BCUT2D eigenvalue weighted by atomic mass is 10.0. The molecule has 0 spiro atoms. The average molecular weight is 720 g/mol. The monoisotopic (exact) mass is 718 g/mol. The normalized spacial score (nSPS) is 17.8. The number of methoxy groups -OCH3 is 1. The van der Waals surface area contributed by atoms with Crippen LogP contribution < -0.4 is 29.3 Å². The van der Waals surface area contributed by atoms with Crippen molar-refractivity contribution < 1.29 is 22.3 Å². The molecular weight excluding hydrogens is 679 g/mol. The first kappa shape index (κ1) is 32.5. The fourth-order valence-corrected chi connectivity index (χ4v) is 7.02. The van der Waals surface area contributed by atoms with Gasteiger partial charge >= 0.3 is 0 Å². The van der Waals surface area contributed by atoms with Crippen LogP contribution in [0.15, 0.2) is 34.9 Å². The number of halogens is 2. The number of likely N-dealkylation sites (N-methyl/N-ethyl adjacent to an activating group) is 1. The van der Waals surface area contributed by atoms with E-state index in [4.69, 9.17) is 9.47 Å². The average Bonchev–Trinajstić information content (AvgIpc) is 3.50. The zero-order valence-electron chi connectivity index (χ0n) is 26.5. The van der Waals surface area contributed by atoms with Gasteiger partial charge in [0.15, 0.2) is 0 Å². The highest BCUT2D eigenvalue weighted by atomic mass is 79.9. The van der Waals surface area contributed by atoms with Crippen LogP contribution in [0.25, 0.3) is 0 Å². The molecule has 2 fully saturated rings. The van der Waals surface area contributed by atoms with Crippen molar-refractivity contribution in [3.63, 3.8) is 0 Å². The molecule has 0 radical (unpaired) electrons. The van der Waals surface area contributed by atoms with Crippen molar-refractivity contribution in [3.05, 3.63) is 46.3 Å². The third-order valence-corrected chi connectivity index (χ3v) is 10.8. The molecule has 2 aromatic carbocycles. The molecule has 0 aliphatic carbocycles. The molecule has 4 heterocycles. The van der Waals surface area contributed by atoms with Crippen LogP contribution in [-0.2, 0) is 16.4 Å². The Hall–Kier alpha value is -3.40. The zero-order valence-corrected chi connectivity index (χ0v) is 28.9. The van der Waals surface area contributed by atoms with E-state index in [1.165, 1.54) is 17.4 Å². The Bertz CT molecular complexity index is 1700. The second-order valence-electron chi connectivity index (χ2n) is 12.0. The number of fused-ring (bicyclic) bond motifs is 1. The number of piperidine rings is 1. The second-order valence-corrected chi connectivity index (χ2v) is 14.9. The Morgan fingerprint density at radius 2 is 1.80 bits per heavy atom. The van der Waals surface area contributed by atoms with Gasteiger partial charge in [0.25, 0.3) is 0 Å². The lowest BCUT2D eigenvalue weighted by Gasteiger charge is -2.42. The molecule has 46 heavy (non-hydrogen) atoms. The van der Waals surface area contributed by atoms with Gasteiger partial charge in [-0.05, 0) is 47.4 Å². The topological polar surface area (TPSA) is 115 Å². The Labute approximate surface area is 278 Å². The predicted octanol–water partition coefficient (Wildman–Crippen LogP) is 4.42. The molecule has 6 rings (SSSR count). The summed E-state index contributed by atoms with van der Waals surface area (Å²) in [7, 11) is 1.67. The number of hydrogen-bond acceptors (Lipinski definition) is 11. The van der Waals surface area contributed by atoms with Gasteiger partial charge in [-0.25, -0.2) is 17.8 Å². The van der Waals surface area contributed by atoms with E-state index < -0.39 is 10.0 Å². The maximum Gasteiger partial charge on any atom is 0.232 e. The van der Waals surface area contributed by atoms with Crippen LogP contribution in [0.5, 0.6) is 11.5 Å². The third kappa shape index (κ3) is 6.97. The molecule has 0 saturated carbocycles. The van der Waals surface area contributed by atoms with Crippen LogP contribution in [0.3, 0.4) is 0 Å². The quantitative estimate of drug-likeness (QED) is 0.328. The van der Waals surface area contributed by atoms with Crippen LogP contribution in [0, 0.1) is 5.82 Å². The lowest BCUT2D eigenvalue weighted by Crippen LogP contribution is -2.52. The van der Waals surface area contributed by atoms with Crippen molar-refractivity contribution >= 4 is 60.5 Å². The molecule has 12 nitrogen and oxygen atoms in total. The number of nitrogens with zero attached hydrogens (tertiary/aromatic N) is 6. The summed E-state index contributed by atoms with van der Waals surface area (Å²) in [5.74, 6) is 1.35. The van der Waals surface area contributed by atoms with Gasteiger partial charge in [-0.2, -0.15) is 4.98 Å². The van der Waals surface area contributed by atoms with E-state index in [1.807, 2.05) is 6.07 Å². The maximum absolute atomic E-state index is 15.6. The Balaban J connectivity index is 1.20. The number of rotatable bonds is 9. The largest absolute Gasteiger partial charge is 0.494 e. The molecule has 3 aliphatic heterocycles. The van der Waals surface area contributed by atoms with Gasteiger partial charge in [-0.3, -0.25) is 9.21 Å². The minimum Gasteiger partial charge on any atom is -0.494 e. The fourth-order valence-electron chi connectivity index (χ4n) is 6.23. The molecule has 3 aromatic rings. The van der Waals surface area contributed by atoms with Crippen LogP contribution in [-0.4, -0.2) is 108 Å². The summed E-state index contributed by atoms with van der Waals surface area (Å²) >= 11 is 3.49. The maximum atomic E-state index is 15.6. The molecular formula is C31H40BrFN8O4S. The molecule has 2 N–H and O–H groups in total. The number of aromatic nitrogens is 2. The van der Waals surface area contributed by atoms with E-state index in [0.717, 1.165) is 63.9 Å². The molecule has 15 heteroatoms. The second kappa shape index (κ2) is 13.4. The van der Waals surface area contributed by atoms with E-state index >= 15 is 4.39 Å². The molecule has 248 valence electrons. The molecule has 0 unspecified atom stereocenters. The van der Waals surface area contributed by atoms with Crippen molar-refractivity contribution in [2.75, 3.05) is 93.2 Å². The Morgan fingerprint density at radius 3 is 2.50 bits per heavy atom. The summed E-state index contributed by atoms with van der Waals surface area (Å²) < 4.78 is 53.7. The Kier molecular flexibility index (Phi) is 9.46. The molecule has 1 aromatic heterocycles. The number of hydrogen-bond donors (Lipinski definition) is 2. The van der Waals surface area contributed by atoms with Crippen molar-refractivity contribution in [1.29, 1.82) is 0 Å². The number of nitrogens with one attached hydrogen (secondary N) is 2. The summed E-state index contributed by atoms with van der Waals surface area (Å²) in [4.78, 5) is 16.0. The van der Waals surface area contributed by atoms with E-state index in [0.29, 0.717) is 63.6 Å². The highest BCUT2D eigenvalue weighted by molar-refractivity contribution is 9.10. The number of benzene rings is 2. The summed E-state index contributed by atoms with van der Waals surface area (Å²) in [6, 6.07) is 7.25. The van der Waals surface area contributed by atoms with Crippen LogP contribution in [0.1, 0.15) is 18.4 Å². The van der Waals surface area contributed by atoms with E-state index in [1.54, 1.807) is 25.4 Å². The molecule has 0 amide bonds. The van der Waals surface area contributed by atoms with Crippen molar-refractivity contribution in [1.82, 2.24) is 19.8 Å². The highest BCUT2D eigenvalue weighted by Crippen LogP contribution is 2.40. The Morgan fingerprint density at radius 1 is 1.07 bits per heavy atom. The SMILES string of the molecule is COc1cc(N2CCC(N3CCN(C)CC3)CC2)c(F)cc1Nc1ncc(Br)c(Nc2cc3c(cc2N(C)S(C)(=O)=O)CCO3)n1. The van der Waals surface area contributed by atoms with Gasteiger partial charge in [0.05, 0.1) is 47.2 Å². The molecule has 2 saturated heterocycles. The molecule has 0 atom stereocenters. The van der Waals surface area contributed by atoms with Crippen LogP contribution in [0.4, 0.5) is 38.9 Å². The van der Waals surface area contributed by atoms with E-state index in [9.17, 15) is 8.42 Å². The number of piperazine rings is 1. The minimum atomic E-state index is -3.54. The van der Waals surface area contributed by atoms with Crippen LogP contribution in [0.2, 0.25) is 0 Å². The van der Waals surface area contributed by atoms with Gasteiger partial charge in [0.1, 0.15) is 23.1 Å². The number of ether oxygens (including phenoxy) is 2. The first-order valence-electron chi connectivity index (χ1n) is 15.4. The first-order chi connectivity index (χ1) is 22.0. The molecule has 0 bridgehead atoms. The summed E-state index contributed by atoms with van der Waals surface area (Å²) in [6.45, 7) is 6.42. The standard InChI is InChI=1S/C31H40BrFN8O4S/c1-38-10-12-40(13-11-38)21-5-8-41(9-6-21)26-18-29(44-3)25(16-23(26)33)36-31-34-19-22(32)30(37-31)35-24-17-28-20(7-14-45-28)15-27(24)39(2)46(4,42)43/h15-19,21H,5-14H2,1-4H3,(H2,34,35,36,37). The summed E-state index contributed by atoms with van der Waals surface area (Å²) in [5, 5.41) is 6.33. The van der Waals surface area contributed by atoms with Gasteiger partial charge < -0.3 is 29.9 Å².